The molecule has 1 N–H and O–H groups in total. The lowest BCUT2D eigenvalue weighted by Crippen LogP contribution is -2.64. The third-order valence-corrected chi connectivity index (χ3v) is 5.36. The van der Waals surface area contributed by atoms with Crippen LogP contribution in [0.2, 0.25) is 0 Å². The van der Waals surface area contributed by atoms with Gasteiger partial charge < -0.3 is 9.64 Å². The Hall–Kier alpha value is -1.36. The molecule has 5 heteroatoms. The highest BCUT2D eigenvalue weighted by Crippen LogP contribution is 2.56. The van der Waals surface area contributed by atoms with Crippen LogP contribution < -0.4 is 0 Å². The first-order valence-electron chi connectivity index (χ1n) is 7.99. The van der Waals surface area contributed by atoms with Crippen LogP contribution in [0.25, 0.3) is 0 Å². The van der Waals surface area contributed by atoms with Crippen molar-refractivity contribution in [3.63, 3.8) is 0 Å². The van der Waals surface area contributed by atoms with E-state index >= 15 is 0 Å². The Morgan fingerprint density at radius 3 is 2.81 bits per heavy atom. The molecule has 21 heavy (non-hydrogen) atoms. The summed E-state index contributed by atoms with van der Waals surface area (Å²) >= 11 is 0. The van der Waals surface area contributed by atoms with Crippen molar-refractivity contribution in [2.24, 2.45) is 5.41 Å². The first kappa shape index (κ1) is 14.6. The Bertz CT molecular complexity index is 519. The van der Waals surface area contributed by atoms with Gasteiger partial charge in [0.05, 0.1) is 6.10 Å². The van der Waals surface area contributed by atoms with Crippen LogP contribution in [-0.2, 0) is 4.74 Å². The minimum Gasteiger partial charge on any atom is -0.378 e. The summed E-state index contributed by atoms with van der Waals surface area (Å²) in [6.45, 7) is 4.73. The van der Waals surface area contributed by atoms with Crippen LogP contribution in [0.1, 0.15) is 55.2 Å². The van der Waals surface area contributed by atoms with Gasteiger partial charge in [0, 0.05) is 30.8 Å². The predicted octanol–water partition coefficient (Wildman–Crippen LogP) is 2.53. The van der Waals surface area contributed by atoms with E-state index < -0.39 is 0 Å². The average Bonchev–Trinajstić information content (AvgIpc) is 3.11. The molecule has 1 spiro atoms. The van der Waals surface area contributed by atoms with Crippen molar-refractivity contribution in [3.05, 3.63) is 17.5 Å². The summed E-state index contributed by atoms with van der Waals surface area (Å²) in [7, 11) is 1.92. The van der Waals surface area contributed by atoms with E-state index in [4.69, 9.17) is 4.74 Å². The third kappa shape index (κ3) is 2.27. The van der Waals surface area contributed by atoms with Crippen molar-refractivity contribution < 1.29 is 9.53 Å². The SMILES string of the molecule is CCO[C@H]1C[C@H](N(C)C(=O)c2cc(C)[nH]n2)C12CCCC2. The van der Waals surface area contributed by atoms with Crippen molar-refractivity contribution >= 4 is 5.91 Å². The second-order valence-corrected chi connectivity index (χ2v) is 6.49. The molecule has 116 valence electrons. The van der Waals surface area contributed by atoms with Gasteiger partial charge in [0.25, 0.3) is 5.91 Å². The van der Waals surface area contributed by atoms with Crippen molar-refractivity contribution in [2.75, 3.05) is 13.7 Å². The number of rotatable bonds is 4. The van der Waals surface area contributed by atoms with Crippen LogP contribution in [0, 0.1) is 12.3 Å². The third-order valence-electron chi connectivity index (χ3n) is 5.36. The number of aromatic nitrogens is 2. The fourth-order valence-corrected chi connectivity index (χ4v) is 4.24. The molecule has 1 aromatic rings. The smallest absolute Gasteiger partial charge is 0.274 e. The lowest BCUT2D eigenvalue weighted by molar-refractivity contribution is -0.152. The van der Waals surface area contributed by atoms with Crippen LogP contribution in [0.15, 0.2) is 6.07 Å². The zero-order chi connectivity index (χ0) is 15.0. The van der Waals surface area contributed by atoms with E-state index in [1.54, 1.807) is 0 Å². The molecule has 2 aliphatic carbocycles. The van der Waals surface area contributed by atoms with Gasteiger partial charge in [0.15, 0.2) is 0 Å². The molecule has 2 saturated carbocycles. The Kier molecular flexibility index (Phi) is 3.78. The van der Waals surface area contributed by atoms with E-state index in [0.29, 0.717) is 17.8 Å². The Labute approximate surface area is 126 Å². The van der Waals surface area contributed by atoms with Gasteiger partial charge in [0.1, 0.15) is 5.69 Å². The van der Waals surface area contributed by atoms with Crippen LogP contribution in [0.4, 0.5) is 0 Å². The summed E-state index contributed by atoms with van der Waals surface area (Å²) in [5.74, 6) is 0.0190. The maximum absolute atomic E-state index is 12.6. The van der Waals surface area contributed by atoms with Gasteiger partial charge in [-0.25, -0.2) is 0 Å². The minimum atomic E-state index is 0.0190. The van der Waals surface area contributed by atoms with Crippen molar-refractivity contribution in [3.8, 4) is 0 Å². The van der Waals surface area contributed by atoms with Gasteiger partial charge in [-0.2, -0.15) is 5.10 Å². The van der Waals surface area contributed by atoms with Crippen LogP contribution in [0.5, 0.6) is 0 Å². The largest absolute Gasteiger partial charge is 0.378 e. The maximum Gasteiger partial charge on any atom is 0.274 e. The number of H-pyrrole nitrogens is 1. The Balaban J connectivity index is 1.75. The zero-order valence-corrected chi connectivity index (χ0v) is 13.2. The van der Waals surface area contributed by atoms with E-state index in [1.807, 2.05) is 24.9 Å². The quantitative estimate of drug-likeness (QED) is 0.927. The fourth-order valence-electron chi connectivity index (χ4n) is 4.24. The molecule has 0 unspecified atom stereocenters. The number of hydrogen-bond donors (Lipinski definition) is 1. The van der Waals surface area contributed by atoms with E-state index in [0.717, 1.165) is 18.7 Å². The molecule has 2 aliphatic rings. The van der Waals surface area contributed by atoms with Gasteiger partial charge in [-0.05, 0) is 39.2 Å². The Morgan fingerprint density at radius 1 is 1.52 bits per heavy atom. The lowest BCUT2D eigenvalue weighted by atomic mass is 9.60. The predicted molar refractivity (Wildman–Crippen MR) is 80.1 cm³/mol. The molecule has 0 radical (unpaired) electrons. The maximum atomic E-state index is 12.6. The zero-order valence-electron chi connectivity index (χ0n) is 13.2. The molecule has 0 aliphatic heterocycles. The number of nitrogens with zero attached hydrogens (tertiary/aromatic N) is 2. The highest BCUT2D eigenvalue weighted by Gasteiger charge is 2.58. The molecular formula is C16H25N3O2. The molecule has 1 aromatic heterocycles. The summed E-state index contributed by atoms with van der Waals surface area (Å²) in [4.78, 5) is 14.5. The topological polar surface area (TPSA) is 58.2 Å². The number of amides is 1. The van der Waals surface area contributed by atoms with Crippen molar-refractivity contribution in [2.45, 2.75) is 58.1 Å². The molecular weight excluding hydrogens is 266 g/mol. The van der Waals surface area contributed by atoms with Gasteiger partial charge in [0.2, 0.25) is 0 Å². The van der Waals surface area contributed by atoms with Crippen LogP contribution >= 0.6 is 0 Å². The molecule has 2 fully saturated rings. The summed E-state index contributed by atoms with van der Waals surface area (Å²) < 4.78 is 5.93. The number of carbonyl (C=O) groups is 1. The molecule has 2 atom stereocenters. The summed E-state index contributed by atoms with van der Waals surface area (Å²) in [5.41, 5.74) is 1.62. The number of aromatic amines is 1. The second kappa shape index (κ2) is 5.44. The molecule has 0 aromatic carbocycles. The van der Waals surface area contributed by atoms with E-state index in [9.17, 15) is 4.79 Å². The van der Waals surface area contributed by atoms with Gasteiger partial charge >= 0.3 is 0 Å². The standard InChI is InChI=1S/C16H25N3O2/c1-4-21-14-10-13(16(14)7-5-6-8-16)19(3)15(20)12-9-11(2)17-18-12/h9,13-14H,4-8,10H2,1-3H3,(H,17,18)/t13-,14-/m0/s1. The molecule has 1 amide bonds. The number of hydrogen-bond acceptors (Lipinski definition) is 3. The van der Waals surface area contributed by atoms with E-state index in [1.165, 1.54) is 25.7 Å². The van der Waals surface area contributed by atoms with Gasteiger partial charge in [-0.1, -0.05) is 12.8 Å². The fraction of sp³-hybridized carbons (Fsp3) is 0.750. The number of aryl methyl sites for hydroxylation is 1. The van der Waals surface area contributed by atoms with E-state index in [-0.39, 0.29) is 11.3 Å². The van der Waals surface area contributed by atoms with Crippen LogP contribution in [-0.4, -0.2) is 46.8 Å². The Morgan fingerprint density at radius 2 is 2.24 bits per heavy atom. The highest BCUT2D eigenvalue weighted by molar-refractivity contribution is 5.92. The minimum absolute atomic E-state index is 0.0190. The van der Waals surface area contributed by atoms with Crippen molar-refractivity contribution in [1.29, 1.82) is 0 Å². The first-order valence-corrected chi connectivity index (χ1v) is 7.99. The molecule has 3 rings (SSSR count). The van der Waals surface area contributed by atoms with Crippen molar-refractivity contribution in [1.82, 2.24) is 15.1 Å². The molecule has 0 saturated heterocycles. The molecule has 0 bridgehead atoms. The van der Waals surface area contributed by atoms with Gasteiger partial charge in [-0.3, -0.25) is 9.89 Å². The summed E-state index contributed by atoms with van der Waals surface area (Å²) in [6.07, 6.45) is 6.15. The van der Waals surface area contributed by atoms with E-state index in [2.05, 4.69) is 17.1 Å². The summed E-state index contributed by atoms with van der Waals surface area (Å²) in [6, 6.07) is 2.11. The normalized spacial score (nSPS) is 26.8. The second-order valence-electron chi connectivity index (χ2n) is 6.49. The number of ether oxygens (including phenoxy) is 1. The highest BCUT2D eigenvalue weighted by atomic mass is 16.5. The first-order chi connectivity index (χ1) is 10.1. The number of nitrogens with one attached hydrogen (secondary N) is 1. The molecule has 1 heterocycles. The molecule has 5 nitrogen and oxygen atoms in total. The monoisotopic (exact) mass is 291 g/mol. The van der Waals surface area contributed by atoms with Gasteiger partial charge in [-0.15, -0.1) is 0 Å². The summed E-state index contributed by atoms with van der Waals surface area (Å²) in [5, 5.41) is 6.95. The van der Waals surface area contributed by atoms with Crippen LogP contribution in [0.3, 0.4) is 0 Å². The average molecular weight is 291 g/mol. The number of carbonyl (C=O) groups excluding carboxylic acids is 1. The lowest BCUT2D eigenvalue weighted by Gasteiger charge is -2.56.